The van der Waals surface area contributed by atoms with Gasteiger partial charge in [-0.3, -0.25) is 9.78 Å². The van der Waals surface area contributed by atoms with Crippen molar-refractivity contribution in [1.82, 2.24) is 19.7 Å². The standard InChI is InChI=1S/C19H29N5O2/c1-18(2,3)24-15-14(12-20-24)16(25)23-17(22-15)21-13-7-10-26-19(11-13)8-5-4-6-9-19/h12-13H,4-11H2,1-3H3,(H2,21,22,23,25). The van der Waals surface area contributed by atoms with E-state index in [1.54, 1.807) is 6.20 Å². The second-order valence-corrected chi connectivity index (χ2v) is 8.81. The van der Waals surface area contributed by atoms with Gasteiger partial charge in [0.2, 0.25) is 5.95 Å². The van der Waals surface area contributed by atoms with Gasteiger partial charge >= 0.3 is 0 Å². The largest absolute Gasteiger partial charge is 0.375 e. The molecule has 3 heterocycles. The molecule has 2 fully saturated rings. The van der Waals surface area contributed by atoms with Crippen LogP contribution in [0.1, 0.15) is 65.7 Å². The molecule has 0 aromatic carbocycles. The SMILES string of the molecule is CC(C)(C)n1ncc2c(=O)[nH]c(NC3CCOC4(CCCCC4)C3)nc21. The van der Waals surface area contributed by atoms with Gasteiger partial charge in [0.1, 0.15) is 5.39 Å². The molecule has 1 saturated heterocycles. The number of anilines is 1. The lowest BCUT2D eigenvalue weighted by Crippen LogP contribution is -2.46. The molecule has 1 saturated carbocycles. The van der Waals surface area contributed by atoms with E-state index in [2.05, 4.69) is 41.2 Å². The number of rotatable bonds is 2. The topological polar surface area (TPSA) is 84.8 Å². The van der Waals surface area contributed by atoms with Crippen molar-refractivity contribution in [3.8, 4) is 0 Å². The third kappa shape index (κ3) is 3.24. The third-order valence-corrected chi connectivity index (χ3v) is 5.67. The van der Waals surface area contributed by atoms with Gasteiger partial charge in [-0.1, -0.05) is 19.3 Å². The summed E-state index contributed by atoms with van der Waals surface area (Å²) >= 11 is 0. The first-order valence-electron chi connectivity index (χ1n) is 9.75. The monoisotopic (exact) mass is 359 g/mol. The van der Waals surface area contributed by atoms with Crippen LogP contribution < -0.4 is 10.9 Å². The number of ether oxygens (including phenoxy) is 1. The van der Waals surface area contributed by atoms with Gasteiger partial charge in [-0.2, -0.15) is 10.1 Å². The van der Waals surface area contributed by atoms with Crippen LogP contribution in [0.2, 0.25) is 0 Å². The molecule has 142 valence electrons. The predicted molar refractivity (Wildman–Crippen MR) is 102 cm³/mol. The molecule has 1 aliphatic carbocycles. The Labute approximate surface area is 153 Å². The number of fused-ring (bicyclic) bond motifs is 1. The van der Waals surface area contributed by atoms with Gasteiger partial charge < -0.3 is 10.1 Å². The van der Waals surface area contributed by atoms with Crippen molar-refractivity contribution in [1.29, 1.82) is 0 Å². The molecule has 2 aromatic heterocycles. The average Bonchev–Trinajstić information content (AvgIpc) is 3.00. The Kier molecular flexibility index (Phi) is 4.29. The van der Waals surface area contributed by atoms with Crippen LogP contribution in [0, 0.1) is 0 Å². The lowest BCUT2D eigenvalue weighted by molar-refractivity contribution is -0.103. The Morgan fingerprint density at radius 2 is 2.08 bits per heavy atom. The first kappa shape index (κ1) is 17.5. The van der Waals surface area contributed by atoms with E-state index in [1.807, 2.05) is 4.68 Å². The maximum absolute atomic E-state index is 12.5. The van der Waals surface area contributed by atoms with E-state index in [1.165, 1.54) is 19.3 Å². The Bertz CT molecular complexity index is 836. The molecule has 0 amide bonds. The van der Waals surface area contributed by atoms with Crippen LogP contribution >= 0.6 is 0 Å². The zero-order chi connectivity index (χ0) is 18.4. The van der Waals surface area contributed by atoms with Crippen molar-refractivity contribution in [2.75, 3.05) is 11.9 Å². The first-order valence-corrected chi connectivity index (χ1v) is 9.75. The Morgan fingerprint density at radius 1 is 1.31 bits per heavy atom. The third-order valence-electron chi connectivity index (χ3n) is 5.67. The lowest BCUT2D eigenvalue weighted by atomic mass is 9.78. The maximum atomic E-state index is 12.5. The fourth-order valence-corrected chi connectivity index (χ4v) is 4.37. The molecule has 1 spiro atoms. The highest BCUT2D eigenvalue weighted by Crippen LogP contribution is 2.39. The molecule has 4 rings (SSSR count). The molecule has 0 bridgehead atoms. The molecule has 1 aliphatic heterocycles. The van der Waals surface area contributed by atoms with Crippen LogP contribution in [0.3, 0.4) is 0 Å². The second-order valence-electron chi connectivity index (χ2n) is 8.81. The predicted octanol–water partition coefficient (Wildman–Crippen LogP) is 3.17. The van der Waals surface area contributed by atoms with Gasteiger partial charge in [-0.05, 0) is 46.5 Å². The van der Waals surface area contributed by atoms with Gasteiger partial charge in [-0.25, -0.2) is 4.68 Å². The minimum absolute atomic E-state index is 0.0196. The quantitative estimate of drug-likeness (QED) is 0.860. The van der Waals surface area contributed by atoms with Crippen LogP contribution in [0.4, 0.5) is 5.95 Å². The summed E-state index contributed by atoms with van der Waals surface area (Å²) in [5.41, 5.74) is 0.270. The average molecular weight is 359 g/mol. The zero-order valence-corrected chi connectivity index (χ0v) is 16.0. The molecular weight excluding hydrogens is 330 g/mol. The normalized spacial score (nSPS) is 23.4. The lowest BCUT2D eigenvalue weighted by Gasteiger charge is -2.43. The van der Waals surface area contributed by atoms with Gasteiger partial charge in [0.05, 0.1) is 17.3 Å². The summed E-state index contributed by atoms with van der Waals surface area (Å²) in [6, 6.07) is 0.272. The van der Waals surface area contributed by atoms with Crippen LogP contribution in [0.15, 0.2) is 11.0 Å². The van der Waals surface area contributed by atoms with E-state index in [4.69, 9.17) is 4.74 Å². The number of hydrogen-bond donors (Lipinski definition) is 2. The highest BCUT2D eigenvalue weighted by molar-refractivity contribution is 5.74. The van der Waals surface area contributed by atoms with Crippen molar-refractivity contribution in [2.45, 2.75) is 82.9 Å². The van der Waals surface area contributed by atoms with Gasteiger partial charge in [0, 0.05) is 12.6 Å². The van der Waals surface area contributed by atoms with Crippen LogP contribution in [-0.2, 0) is 10.3 Å². The van der Waals surface area contributed by atoms with E-state index in [9.17, 15) is 4.79 Å². The summed E-state index contributed by atoms with van der Waals surface area (Å²) in [5.74, 6) is 0.534. The summed E-state index contributed by atoms with van der Waals surface area (Å²) in [4.78, 5) is 20.0. The molecule has 7 nitrogen and oxygen atoms in total. The molecule has 26 heavy (non-hydrogen) atoms. The Balaban J connectivity index is 1.60. The van der Waals surface area contributed by atoms with Gasteiger partial charge in [-0.15, -0.1) is 0 Å². The summed E-state index contributed by atoms with van der Waals surface area (Å²) in [6.45, 7) is 6.94. The molecule has 7 heteroatoms. The number of aromatic amines is 1. The van der Waals surface area contributed by atoms with Crippen molar-refractivity contribution in [3.05, 3.63) is 16.6 Å². The van der Waals surface area contributed by atoms with E-state index in [0.717, 1.165) is 32.3 Å². The second kappa shape index (κ2) is 6.37. The Morgan fingerprint density at radius 3 is 2.81 bits per heavy atom. The maximum Gasteiger partial charge on any atom is 0.263 e. The van der Waals surface area contributed by atoms with Crippen molar-refractivity contribution in [2.24, 2.45) is 0 Å². The van der Waals surface area contributed by atoms with Crippen molar-refractivity contribution in [3.63, 3.8) is 0 Å². The van der Waals surface area contributed by atoms with Gasteiger partial charge in [0.15, 0.2) is 5.65 Å². The first-order chi connectivity index (χ1) is 12.4. The number of aromatic nitrogens is 4. The molecule has 2 aromatic rings. The summed E-state index contributed by atoms with van der Waals surface area (Å²) < 4.78 is 7.99. The summed E-state index contributed by atoms with van der Waals surface area (Å²) in [6.07, 6.45) is 9.61. The smallest absolute Gasteiger partial charge is 0.263 e. The minimum Gasteiger partial charge on any atom is -0.375 e. The van der Waals surface area contributed by atoms with Crippen molar-refractivity contribution >= 4 is 17.0 Å². The summed E-state index contributed by atoms with van der Waals surface area (Å²) in [7, 11) is 0. The molecular formula is C19H29N5O2. The van der Waals surface area contributed by atoms with E-state index < -0.39 is 0 Å². The number of nitrogens with one attached hydrogen (secondary N) is 2. The van der Waals surface area contributed by atoms with Crippen LogP contribution in [0.5, 0.6) is 0 Å². The molecule has 1 unspecified atom stereocenters. The molecule has 0 radical (unpaired) electrons. The Hall–Kier alpha value is -1.89. The molecule has 1 atom stereocenters. The molecule has 2 N–H and O–H groups in total. The fraction of sp³-hybridized carbons (Fsp3) is 0.737. The summed E-state index contributed by atoms with van der Waals surface area (Å²) in [5, 5.41) is 8.37. The number of hydrogen-bond acceptors (Lipinski definition) is 5. The van der Waals surface area contributed by atoms with Gasteiger partial charge in [0.25, 0.3) is 5.56 Å². The highest BCUT2D eigenvalue weighted by atomic mass is 16.5. The highest BCUT2D eigenvalue weighted by Gasteiger charge is 2.38. The van der Waals surface area contributed by atoms with Crippen LogP contribution in [0.25, 0.3) is 11.0 Å². The fourth-order valence-electron chi connectivity index (χ4n) is 4.37. The molecule has 2 aliphatic rings. The van der Waals surface area contributed by atoms with Crippen LogP contribution in [-0.4, -0.2) is 38.0 Å². The number of nitrogens with zero attached hydrogens (tertiary/aromatic N) is 3. The zero-order valence-electron chi connectivity index (χ0n) is 16.0. The van der Waals surface area contributed by atoms with E-state index in [-0.39, 0.29) is 22.7 Å². The van der Waals surface area contributed by atoms with E-state index in [0.29, 0.717) is 17.0 Å². The van der Waals surface area contributed by atoms with Crippen molar-refractivity contribution < 1.29 is 4.74 Å². The number of H-pyrrole nitrogens is 1. The minimum atomic E-state index is -0.232. The van der Waals surface area contributed by atoms with E-state index >= 15 is 0 Å².